The minimum atomic E-state index is -0.521. The van der Waals surface area contributed by atoms with Crippen LogP contribution < -0.4 is 20.3 Å². The topological polar surface area (TPSA) is 105 Å². The number of aromatic nitrogens is 2. The van der Waals surface area contributed by atoms with Gasteiger partial charge in [0.05, 0.1) is 18.7 Å². The smallest absolute Gasteiger partial charge is 0.290 e. The summed E-state index contributed by atoms with van der Waals surface area (Å²) < 4.78 is 10.9. The van der Waals surface area contributed by atoms with E-state index in [1.807, 2.05) is 26.0 Å². The number of benzene rings is 2. The van der Waals surface area contributed by atoms with E-state index in [9.17, 15) is 9.59 Å². The number of nitrogens with zero attached hydrogens (tertiary/aromatic N) is 1. The first-order valence-electron chi connectivity index (χ1n) is 8.38. The average Bonchev–Trinajstić information content (AvgIpc) is 3.10. The number of methoxy groups -OCH3 is 1. The Labute approximate surface area is 155 Å². The average molecular weight is 368 g/mol. The summed E-state index contributed by atoms with van der Waals surface area (Å²) in [7, 11) is 1.49. The molecule has 8 heteroatoms. The van der Waals surface area contributed by atoms with Crippen LogP contribution in [0.4, 0.5) is 0 Å². The van der Waals surface area contributed by atoms with Gasteiger partial charge in [0.15, 0.2) is 17.2 Å². The second-order valence-corrected chi connectivity index (χ2v) is 6.06. The fraction of sp³-hybridized carbons (Fsp3) is 0.211. The van der Waals surface area contributed by atoms with Gasteiger partial charge in [0.1, 0.15) is 0 Å². The quantitative estimate of drug-likeness (QED) is 0.600. The number of carbonyl (C=O) groups is 2. The van der Waals surface area contributed by atoms with E-state index in [1.165, 1.54) is 7.11 Å². The highest BCUT2D eigenvalue weighted by molar-refractivity contribution is 6.05. The number of hydrogen-bond donors (Lipinski definition) is 3. The Morgan fingerprint density at radius 1 is 1.04 bits per heavy atom. The number of para-hydroxylation sites is 1. The zero-order chi connectivity index (χ0) is 19.4. The summed E-state index contributed by atoms with van der Waals surface area (Å²) in [5, 5.41) is 7.43. The van der Waals surface area contributed by atoms with Gasteiger partial charge in [-0.15, -0.1) is 0 Å². The molecule has 0 spiro atoms. The molecule has 0 fully saturated rings. The molecule has 0 saturated heterocycles. The summed E-state index contributed by atoms with van der Waals surface area (Å²) in [6.45, 7) is 3.79. The Bertz CT molecular complexity index is 981. The molecule has 1 aromatic heterocycles. The number of nitrogens with one attached hydrogen (secondary N) is 3. The largest absolute Gasteiger partial charge is 0.493 e. The number of H-pyrrole nitrogens is 1. The molecular formula is C19H20N4O4. The predicted octanol–water partition coefficient (Wildman–Crippen LogP) is 2.43. The van der Waals surface area contributed by atoms with Crippen LogP contribution in [0.2, 0.25) is 0 Å². The fourth-order valence-electron chi connectivity index (χ4n) is 2.54. The van der Waals surface area contributed by atoms with E-state index in [4.69, 9.17) is 9.47 Å². The molecule has 3 N–H and O–H groups in total. The molecule has 3 rings (SSSR count). The second-order valence-electron chi connectivity index (χ2n) is 6.06. The van der Waals surface area contributed by atoms with Crippen LogP contribution in [0.25, 0.3) is 10.9 Å². The highest BCUT2D eigenvalue weighted by Crippen LogP contribution is 2.28. The molecule has 27 heavy (non-hydrogen) atoms. The maximum atomic E-state index is 12.3. The van der Waals surface area contributed by atoms with Crippen LogP contribution in [-0.2, 0) is 0 Å². The number of carbonyl (C=O) groups excluding carboxylic acids is 2. The maximum Gasteiger partial charge on any atom is 0.290 e. The minimum absolute atomic E-state index is 0.0264. The molecule has 0 radical (unpaired) electrons. The normalized spacial score (nSPS) is 10.7. The molecule has 0 aliphatic heterocycles. The Morgan fingerprint density at radius 2 is 1.78 bits per heavy atom. The van der Waals surface area contributed by atoms with Gasteiger partial charge >= 0.3 is 0 Å². The van der Waals surface area contributed by atoms with Crippen LogP contribution in [0.5, 0.6) is 11.5 Å². The van der Waals surface area contributed by atoms with E-state index >= 15 is 0 Å². The molecule has 0 aliphatic carbocycles. The molecule has 0 bridgehead atoms. The van der Waals surface area contributed by atoms with Gasteiger partial charge < -0.3 is 9.47 Å². The lowest BCUT2D eigenvalue weighted by molar-refractivity contribution is 0.0844. The van der Waals surface area contributed by atoms with Crippen molar-refractivity contribution in [1.29, 1.82) is 0 Å². The Kier molecular flexibility index (Phi) is 5.25. The third-order valence-electron chi connectivity index (χ3n) is 3.76. The molecule has 2 aromatic carbocycles. The Hall–Kier alpha value is -3.55. The number of fused-ring (bicyclic) bond motifs is 1. The van der Waals surface area contributed by atoms with Crippen molar-refractivity contribution in [2.75, 3.05) is 7.11 Å². The van der Waals surface area contributed by atoms with Crippen LogP contribution in [0.15, 0.2) is 42.5 Å². The summed E-state index contributed by atoms with van der Waals surface area (Å²) >= 11 is 0. The third kappa shape index (κ3) is 4.00. The van der Waals surface area contributed by atoms with Crippen molar-refractivity contribution in [1.82, 2.24) is 21.0 Å². The predicted molar refractivity (Wildman–Crippen MR) is 99.8 cm³/mol. The van der Waals surface area contributed by atoms with E-state index in [-0.39, 0.29) is 11.8 Å². The fourth-order valence-corrected chi connectivity index (χ4v) is 2.54. The van der Waals surface area contributed by atoms with Gasteiger partial charge in [0.2, 0.25) is 0 Å². The van der Waals surface area contributed by atoms with Crippen molar-refractivity contribution in [2.45, 2.75) is 20.0 Å². The number of aromatic amines is 1. The Balaban J connectivity index is 1.69. The lowest BCUT2D eigenvalue weighted by atomic mass is 10.2. The first kappa shape index (κ1) is 18.2. The molecule has 8 nitrogen and oxygen atoms in total. The van der Waals surface area contributed by atoms with Crippen LogP contribution in [0, 0.1) is 0 Å². The molecule has 3 aromatic rings. The number of hydrazine groups is 1. The number of amides is 2. The van der Waals surface area contributed by atoms with Crippen LogP contribution in [-0.4, -0.2) is 35.2 Å². The molecule has 0 unspecified atom stereocenters. The second kappa shape index (κ2) is 7.77. The van der Waals surface area contributed by atoms with E-state index < -0.39 is 11.8 Å². The van der Waals surface area contributed by atoms with Crippen molar-refractivity contribution in [3.63, 3.8) is 0 Å². The van der Waals surface area contributed by atoms with Gasteiger partial charge in [0.25, 0.3) is 11.8 Å². The Morgan fingerprint density at radius 3 is 2.52 bits per heavy atom. The first-order valence-corrected chi connectivity index (χ1v) is 8.38. The van der Waals surface area contributed by atoms with E-state index in [0.29, 0.717) is 22.4 Å². The molecular weight excluding hydrogens is 348 g/mol. The first-order chi connectivity index (χ1) is 13.0. The zero-order valence-electron chi connectivity index (χ0n) is 15.2. The van der Waals surface area contributed by atoms with Gasteiger partial charge in [-0.1, -0.05) is 18.2 Å². The highest BCUT2D eigenvalue weighted by atomic mass is 16.5. The molecule has 1 heterocycles. The zero-order valence-corrected chi connectivity index (χ0v) is 15.2. The summed E-state index contributed by atoms with van der Waals surface area (Å²) in [5.74, 6) is -0.0397. The van der Waals surface area contributed by atoms with Gasteiger partial charge in [-0.25, -0.2) is 0 Å². The number of hydrogen-bond acceptors (Lipinski definition) is 5. The summed E-state index contributed by atoms with van der Waals surface area (Å²) in [5.41, 5.74) is 5.99. The van der Waals surface area contributed by atoms with E-state index in [1.54, 1.807) is 30.3 Å². The van der Waals surface area contributed by atoms with Crippen molar-refractivity contribution < 1.29 is 19.1 Å². The van der Waals surface area contributed by atoms with Gasteiger partial charge in [-0.3, -0.25) is 25.5 Å². The highest BCUT2D eigenvalue weighted by Gasteiger charge is 2.16. The van der Waals surface area contributed by atoms with Crippen LogP contribution in [0.3, 0.4) is 0 Å². The van der Waals surface area contributed by atoms with Gasteiger partial charge in [0, 0.05) is 10.9 Å². The maximum absolute atomic E-state index is 12.3. The number of rotatable bonds is 5. The van der Waals surface area contributed by atoms with Crippen LogP contribution in [0.1, 0.15) is 34.7 Å². The lowest BCUT2D eigenvalue weighted by Gasteiger charge is -2.14. The summed E-state index contributed by atoms with van der Waals surface area (Å²) in [4.78, 5) is 24.6. The van der Waals surface area contributed by atoms with Crippen LogP contribution >= 0.6 is 0 Å². The van der Waals surface area contributed by atoms with E-state index in [2.05, 4.69) is 21.0 Å². The minimum Gasteiger partial charge on any atom is -0.493 e. The van der Waals surface area contributed by atoms with Gasteiger partial charge in [-0.2, -0.15) is 5.10 Å². The third-order valence-corrected chi connectivity index (χ3v) is 3.76. The van der Waals surface area contributed by atoms with Crippen molar-refractivity contribution >= 4 is 22.7 Å². The van der Waals surface area contributed by atoms with Crippen molar-refractivity contribution in [3.05, 3.63) is 53.7 Å². The monoisotopic (exact) mass is 368 g/mol. The van der Waals surface area contributed by atoms with E-state index in [0.717, 1.165) is 5.52 Å². The molecule has 0 atom stereocenters. The number of ether oxygens (including phenoxy) is 2. The molecule has 2 amide bonds. The summed E-state index contributed by atoms with van der Waals surface area (Å²) in [6.07, 6.45) is -0.0264. The molecule has 0 aliphatic rings. The summed E-state index contributed by atoms with van der Waals surface area (Å²) in [6, 6.07) is 12.0. The van der Waals surface area contributed by atoms with Gasteiger partial charge in [-0.05, 0) is 38.1 Å². The SMILES string of the molecule is COc1cc(C(=O)NNC(=O)c2n[nH]c3ccccc23)ccc1OC(C)C. The molecule has 0 saturated carbocycles. The lowest BCUT2D eigenvalue weighted by Crippen LogP contribution is -2.41. The van der Waals surface area contributed by atoms with Crippen molar-refractivity contribution in [3.8, 4) is 11.5 Å². The molecule has 140 valence electrons. The standard InChI is InChI=1S/C19H20N4O4/c1-11(2)27-15-9-8-12(10-16(15)26-3)18(24)22-23-19(25)17-13-6-4-5-7-14(13)20-21-17/h4-11H,1-3H3,(H,20,21)(H,22,24)(H,23,25). The van der Waals surface area contributed by atoms with Crippen molar-refractivity contribution in [2.24, 2.45) is 0 Å².